The third-order valence-corrected chi connectivity index (χ3v) is 7.41. The highest BCUT2D eigenvalue weighted by Gasteiger charge is 2.17. The maximum Gasteiger partial charge on any atom is 0.282 e. The Morgan fingerprint density at radius 1 is 1.16 bits per heavy atom. The van der Waals surface area contributed by atoms with Gasteiger partial charge >= 0.3 is 0 Å². The van der Waals surface area contributed by atoms with Crippen LogP contribution in [0.5, 0.6) is 17.2 Å². The molecule has 0 aliphatic carbocycles. The second-order valence-electron chi connectivity index (χ2n) is 8.59. The number of ether oxygens (including phenoxy) is 3. The van der Waals surface area contributed by atoms with Gasteiger partial charge in [0.1, 0.15) is 12.4 Å². The zero-order chi connectivity index (χ0) is 26.1. The highest BCUT2D eigenvalue weighted by molar-refractivity contribution is 9.10. The van der Waals surface area contributed by atoms with Crippen LogP contribution in [0.25, 0.3) is 10.9 Å². The standard InChI is InChI=1S/C27H22Br2ClN3O4/c1-3-15(2)26-32-22-6-5-18(28)11-19(22)27(34)33(26)31-12-17-8-20(29)25(21(30)9-17)35-13-16-4-7-23-24(10-16)37-14-36-23/h4-12,15H,3,13-14H2,1-2H3/t15-/m0/s1. The van der Waals surface area contributed by atoms with Crippen LogP contribution < -0.4 is 19.8 Å². The first kappa shape index (κ1) is 25.8. The lowest BCUT2D eigenvalue weighted by Crippen LogP contribution is -2.23. The molecule has 0 N–H and O–H groups in total. The second kappa shape index (κ2) is 10.8. The van der Waals surface area contributed by atoms with Crippen molar-refractivity contribution in [2.24, 2.45) is 5.10 Å². The highest BCUT2D eigenvalue weighted by atomic mass is 79.9. The predicted octanol–water partition coefficient (Wildman–Crippen LogP) is 7.28. The Labute approximate surface area is 235 Å². The Morgan fingerprint density at radius 2 is 1.97 bits per heavy atom. The van der Waals surface area contributed by atoms with Crippen molar-refractivity contribution in [3.63, 3.8) is 0 Å². The van der Waals surface area contributed by atoms with Crippen LogP contribution in [0.4, 0.5) is 0 Å². The molecule has 0 amide bonds. The van der Waals surface area contributed by atoms with E-state index in [-0.39, 0.29) is 18.3 Å². The van der Waals surface area contributed by atoms with E-state index < -0.39 is 0 Å². The van der Waals surface area contributed by atoms with Gasteiger partial charge in [0.15, 0.2) is 17.2 Å². The van der Waals surface area contributed by atoms with Gasteiger partial charge in [-0.2, -0.15) is 9.78 Å². The molecule has 1 aromatic heterocycles. The molecule has 190 valence electrons. The monoisotopic (exact) mass is 645 g/mol. The first-order valence-corrected chi connectivity index (χ1v) is 13.6. The van der Waals surface area contributed by atoms with Crippen molar-refractivity contribution >= 4 is 60.6 Å². The molecule has 7 nitrogen and oxygen atoms in total. The summed E-state index contributed by atoms with van der Waals surface area (Å²) in [5.74, 6) is 2.57. The number of fused-ring (bicyclic) bond motifs is 2. The van der Waals surface area contributed by atoms with Gasteiger partial charge in [0, 0.05) is 10.4 Å². The second-order valence-corrected chi connectivity index (χ2v) is 10.8. The Hall–Kier alpha value is -2.88. The van der Waals surface area contributed by atoms with Gasteiger partial charge in [0.05, 0.1) is 26.6 Å². The summed E-state index contributed by atoms with van der Waals surface area (Å²) >= 11 is 13.5. The van der Waals surface area contributed by atoms with E-state index >= 15 is 0 Å². The van der Waals surface area contributed by atoms with Crippen LogP contribution in [0.1, 0.15) is 43.1 Å². The predicted molar refractivity (Wildman–Crippen MR) is 151 cm³/mol. The molecule has 0 fully saturated rings. The molecule has 10 heteroatoms. The molecule has 1 atom stereocenters. The van der Waals surface area contributed by atoms with Gasteiger partial charge in [-0.3, -0.25) is 4.79 Å². The summed E-state index contributed by atoms with van der Waals surface area (Å²) in [6, 6.07) is 14.7. The van der Waals surface area contributed by atoms with Crippen LogP contribution in [0.3, 0.4) is 0 Å². The Kier molecular flexibility index (Phi) is 7.55. The summed E-state index contributed by atoms with van der Waals surface area (Å²) in [5, 5.41) is 5.42. The molecule has 1 aliphatic heterocycles. The highest BCUT2D eigenvalue weighted by Crippen LogP contribution is 2.36. The number of halogens is 3. The first-order chi connectivity index (χ1) is 17.8. The molecule has 3 aromatic carbocycles. The number of aromatic nitrogens is 2. The minimum atomic E-state index is -0.230. The maximum absolute atomic E-state index is 13.3. The largest absolute Gasteiger partial charge is 0.486 e. The van der Waals surface area contributed by atoms with Crippen LogP contribution in [-0.4, -0.2) is 22.7 Å². The summed E-state index contributed by atoms with van der Waals surface area (Å²) in [6.45, 7) is 4.60. The van der Waals surface area contributed by atoms with E-state index in [0.717, 1.165) is 22.2 Å². The minimum absolute atomic E-state index is 0.0418. The zero-order valence-electron chi connectivity index (χ0n) is 20.0. The summed E-state index contributed by atoms with van der Waals surface area (Å²) < 4.78 is 19.6. The van der Waals surface area contributed by atoms with E-state index in [1.54, 1.807) is 18.3 Å². The van der Waals surface area contributed by atoms with Crippen molar-refractivity contribution in [2.45, 2.75) is 32.8 Å². The Bertz CT molecular complexity index is 1570. The molecule has 0 saturated carbocycles. The van der Waals surface area contributed by atoms with Gasteiger partial charge in [-0.05, 0) is 75.9 Å². The lowest BCUT2D eigenvalue weighted by molar-refractivity contribution is 0.174. The van der Waals surface area contributed by atoms with Gasteiger partial charge in [0.2, 0.25) is 6.79 Å². The van der Waals surface area contributed by atoms with Crippen LogP contribution in [-0.2, 0) is 6.61 Å². The number of rotatable bonds is 7. The minimum Gasteiger partial charge on any atom is -0.486 e. The van der Waals surface area contributed by atoms with Crippen molar-refractivity contribution < 1.29 is 14.2 Å². The van der Waals surface area contributed by atoms with Gasteiger partial charge in [0.25, 0.3) is 5.56 Å². The van der Waals surface area contributed by atoms with E-state index in [1.807, 2.05) is 43.3 Å². The molecule has 0 spiro atoms. The molecule has 4 aromatic rings. The van der Waals surface area contributed by atoms with Crippen LogP contribution in [0.2, 0.25) is 5.02 Å². The van der Waals surface area contributed by atoms with E-state index in [2.05, 4.69) is 43.9 Å². The number of hydrogen-bond acceptors (Lipinski definition) is 6. The molecule has 0 saturated heterocycles. The van der Waals surface area contributed by atoms with Crippen LogP contribution in [0, 0.1) is 0 Å². The van der Waals surface area contributed by atoms with Gasteiger partial charge in [-0.25, -0.2) is 4.98 Å². The van der Waals surface area contributed by atoms with E-state index in [4.69, 9.17) is 30.8 Å². The fraction of sp³-hybridized carbons (Fsp3) is 0.222. The summed E-state index contributed by atoms with van der Waals surface area (Å²) in [4.78, 5) is 18.1. The van der Waals surface area contributed by atoms with Crippen molar-refractivity contribution in [3.05, 3.63) is 89.8 Å². The SMILES string of the molecule is CC[C@H](C)c1nc2ccc(Br)cc2c(=O)n1N=Cc1cc(Cl)c(OCc2ccc3c(c2)OCO3)c(Br)c1. The maximum atomic E-state index is 13.3. The Balaban J connectivity index is 1.43. The Morgan fingerprint density at radius 3 is 2.76 bits per heavy atom. The third-order valence-electron chi connectivity index (χ3n) is 6.05. The molecular formula is C27H22Br2ClN3O4. The van der Waals surface area contributed by atoms with Crippen LogP contribution in [0.15, 0.2) is 67.4 Å². The quantitative estimate of drug-likeness (QED) is 0.197. The lowest BCUT2D eigenvalue weighted by atomic mass is 10.1. The summed E-state index contributed by atoms with van der Waals surface area (Å²) in [7, 11) is 0. The van der Waals surface area contributed by atoms with Crippen LogP contribution >= 0.6 is 43.5 Å². The van der Waals surface area contributed by atoms with Gasteiger partial charge in [-0.15, -0.1) is 0 Å². The van der Waals surface area contributed by atoms with Crippen molar-refractivity contribution in [3.8, 4) is 17.2 Å². The van der Waals surface area contributed by atoms with Crippen molar-refractivity contribution in [1.29, 1.82) is 0 Å². The molecule has 1 aliphatic rings. The van der Waals surface area contributed by atoms with Gasteiger partial charge < -0.3 is 14.2 Å². The first-order valence-electron chi connectivity index (χ1n) is 11.6. The van der Waals surface area contributed by atoms with E-state index in [0.29, 0.717) is 49.9 Å². The number of benzene rings is 3. The average molecular weight is 648 g/mol. The molecule has 0 bridgehead atoms. The average Bonchev–Trinajstić information content (AvgIpc) is 3.35. The molecular weight excluding hydrogens is 626 g/mol. The van der Waals surface area contributed by atoms with E-state index in [9.17, 15) is 4.79 Å². The van der Waals surface area contributed by atoms with Crippen molar-refractivity contribution in [1.82, 2.24) is 9.66 Å². The third kappa shape index (κ3) is 5.39. The summed E-state index contributed by atoms with van der Waals surface area (Å²) in [6.07, 6.45) is 2.41. The fourth-order valence-corrected chi connectivity index (χ4v) is 5.23. The molecule has 37 heavy (non-hydrogen) atoms. The smallest absolute Gasteiger partial charge is 0.282 e. The molecule has 5 rings (SSSR count). The number of hydrogen-bond donors (Lipinski definition) is 0. The van der Waals surface area contributed by atoms with Crippen molar-refractivity contribution in [2.75, 3.05) is 6.79 Å². The molecule has 2 heterocycles. The molecule has 0 radical (unpaired) electrons. The lowest BCUT2D eigenvalue weighted by Gasteiger charge is -2.14. The fourth-order valence-electron chi connectivity index (χ4n) is 3.88. The van der Waals surface area contributed by atoms with E-state index in [1.165, 1.54) is 4.68 Å². The topological polar surface area (TPSA) is 74.9 Å². The number of nitrogens with zero attached hydrogens (tertiary/aromatic N) is 3. The normalized spacial score (nSPS) is 13.4. The van der Waals surface area contributed by atoms with Gasteiger partial charge in [-0.1, -0.05) is 47.4 Å². The zero-order valence-corrected chi connectivity index (χ0v) is 23.9. The summed E-state index contributed by atoms with van der Waals surface area (Å²) in [5.41, 5.74) is 2.03. The molecule has 0 unspecified atom stereocenters.